The molecule has 0 aliphatic heterocycles. The van der Waals surface area contributed by atoms with Gasteiger partial charge < -0.3 is 9.05 Å². The van der Waals surface area contributed by atoms with E-state index in [4.69, 9.17) is 9.05 Å². The largest absolute Gasteiger partial charge is 0.332 e. The number of hydrogen-bond donors (Lipinski definition) is 0. The summed E-state index contributed by atoms with van der Waals surface area (Å²) in [7, 11) is -3.13. The van der Waals surface area contributed by atoms with E-state index in [1.165, 1.54) is 10.9 Å². The van der Waals surface area contributed by atoms with E-state index >= 15 is 0 Å². The second-order valence-corrected chi connectivity index (χ2v) is 6.79. The van der Waals surface area contributed by atoms with Crippen molar-refractivity contribution in [3.8, 4) is 0 Å². The summed E-state index contributed by atoms with van der Waals surface area (Å²) in [6.45, 7) is 6.09. The molecule has 0 N–H and O–H groups in total. The predicted octanol–water partition coefficient (Wildman–Crippen LogP) is 2.58. The number of aryl methyl sites for hydroxylation is 2. The maximum Gasteiger partial charge on any atom is 0.332 e. The summed E-state index contributed by atoms with van der Waals surface area (Å²) in [5.41, 5.74) is 0.422. The van der Waals surface area contributed by atoms with Crippen LogP contribution in [0.1, 0.15) is 19.5 Å². The Hall–Kier alpha value is -0.490. The van der Waals surface area contributed by atoms with E-state index in [-0.39, 0.29) is 18.3 Å². The highest BCUT2D eigenvalue weighted by molar-refractivity contribution is 9.10. The van der Waals surface area contributed by atoms with Crippen LogP contribution in [0.25, 0.3) is 0 Å². The summed E-state index contributed by atoms with van der Waals surface area (Å²) < 4.78 is 24.4. The molecule has 0 unspecified atom stereocenters. The number of nitrogens with zero attached hydrogens (tertiary/aromatic N) is 2. The summed E-state index contributed by atoms with van der Waals surface area (Å²) in [4.78, 5) is 16.0. The highest BCUT2D eigenvalue weighted by Gasteiger charge is 2.23. The number of halogens is 1. The van der Waals surface area contributed by atoms with E-state index in [0.29, 0.717) is 23.4 Å². The van der Waals surface area contributed by atoms with Crippen LogP contribution in [0.5, 0.6) is 0 Å². The van der Waals surface area contributed by atoms with Crippen LogP contribution in [0.4, 0.5) is 0 Å². The maximum absolute atomic E-state index is 12.3. The zero-order valence-electron chi connectivity index (χ0n) is 11.3. The molecule has 19 heavy (non-hydrogen) atoms. The lowest BCUT2D eigenvalue weighted by Gasteiger charge is -2.17. The molecule has 1 aromatic heterocycles. The van der Waals surface area contributed by atoms with E-state index in [2.05, 4.69) is 20.9 Å². The zero-order valence-corrected chi connectivity index (χ0v) is 13.7. The van der Waals surface area contributed by atoms with Crippen molar-refractivity contribution < 1.29 is 13.6 Å². The molecule has 0 radical (unpaired) electrons. The topological polar surface area (TPSA) is 70.4 Å². The van der Waals surface area contributed by atoms with Gasteiger partial charge in [0.1, 0.15) is 4.47 Å². The van der Waals surface area contributed by atoms with Gasteiger partial charge in [-0.1, -0.05) is 0 Å². The average Bonchev–Trinajstić information content (AvgIpc) is 2.36. The fourth-order valence-electron chi connectivity index (χ4n) is 1.50. The number of hydrogen-bond acceptors (Lipinski definition) is 5. The third-order valence-corrected chi connectivity index (χ3v) is 5.39. The van der Waals surface area contributed by atoms with Crippen LogP contribution in [0, 0.1) is 6.92 Å². The first-order chi connectivity index (χ1) is 8.93. The van der Waals surface area contributed by atoms with Crippen LogP contribution < -0.4 is 5.56 Å². The summed E-state index contributed by atoms with van der Waals surface area (Å²) in [5.74, 6) is 0. The van der Waals surface area contributed by atoms with Gasteiger partial charge >= 0.3 is 7.60 Å². The molecule has 0 aliphatic carbocycles. The molecular weight excluding hydrogens is 335 g/mol. The first kappa shape index (κ1) is 16.6. The Morgan fingerprint density at radius 2 is 1.95 bits per heavy atom. The van der Waals surface area contributed by atoms with Crippen molar-refractivity contribution in [3.63, 3.8) is 0 Å². The van der Waals surface area contributed by atoms with Gasteiger partial charge in [0, 0.05) is 6.54 Å². The van der Waals surface area contributed by atoms with Crippen molar-refractivity contribution in [1.29, 1.82) is 0 Å². The molecule has 108 valence electrons. The van der Waals surface area contributed by atoms with Crippen LogP contribution in [0.15, 0.2) is 15.6 Å². The third kappa shape index (κ3) is 4.53. The first-order valence-electron chi connectivity index (χ1n) is 6.03. The van der Waals surface area contributed by atoms with Crippen molar-refractivity contribution in [2.45, 2.75) is 27.3 Å². The normalized spacial score (nSPS) is 11.8. The molecule has 0 aromatic carbocycles. The smallest absolute Gasteiger partial charge is 0.309 e. The van der Waals surface area contributed by atoms with E-state index < -0.39 is 7.60 Å². The lowest BCUT2D eigenvalue weighted by molar-refractivity contribution is 0.219. The van der Waals surface area contributed by atoms with Crippen LogP contribution >= 0.6 is 23.5 Å². The summed E-state index contributed by atoms with van der Waals surface area (Å²) in [6.07, 6.45) is 1.58. The lowest BCUT2D eigenvalue weighted by atomic mass is 10.4. The van der Waals surface area contributed by atoms with Crippen molar-refractivity contribution in [1.82, 2.24) is 9.55 Å². The predicted molar refractivity (Wildman–Crippen MR) is 76.7 cm³/mol. The van der Waals surface area contributed by atoms with Gasteiger partial charge in [0.25, 0.3) is 5.56 Å². The molecule has 8 heteroatoms. The van der Waals surface area contributed by atoms with Gasteiger partial charge in [-0.3, -0.25) is 13.9 Å². The minimum absolute atomic E-state index is 0.145. The van der Waals surface area contributed by atoms with Gasteiger partial charge in [0.05, 0.1) is 31.4 Å². The third-order valence-electron chi connectivity index (χ3n) is 2.42. The van der Waals surface area contributed by atoms with Crippen molar-refractivity contribution in [3.05, 3.63) is 26.8 Å². The second kappa shape index (κ2) is 7.33. The number of aromatic nitrogens is 2. The molecule has 1 heterocycles. The SMILES string of the molecule is CCOP(=O)(CCn1cnc(C)c(Br)c1=O)OCC. The molecule has 0 spiro atoms. The van der Waals surface area contributed by atoms with E-state index in [1.54, 1.807) is 20.8 Å². The second-order valence-electron chi connectivity index (χ2n) is 3.81. The molecule has 0 saturated carbocycles. The Balaban J connectivity index is 2.83. The van der Waals surface area contributed by atoms with Crippen molar-refractivity contribution in [2.24, 2.45) is 0 Å². The van der Waals surface area contributed by atoms with Gasteiger partial charge in [0.2, 0.25) is 0 Å². The fourth-order valence-corrected chi connectivity index (χ4v) is 3.41. The average molecular weight is 353 g/mol. The molecule has 0 aliphatic rings. The summed E-state index contributed by atoms with van der Waals surface area (Å²) in [6, 6.07) is 0. The first-order valence-corrected chi connectivity index (χ1v) is 8.55. The Morgan fingerprint density at radius 3 is 2.47 bits per heavy atom. The molecule has 0 amide bonds. The van der Waals surface area contributed by atoms with E-state index in [1.807, 2.05) is 0 Å². The van der Waals surface area contributed by atoms with Gasteiger partial charge in [-0.25, -0.2) is 4.98 Å². The Morgan fingerprint density at radius 1 is 1.37 bits per heavy atom. The monoisotopic (exact) mass is 352 g/mol. The highest BCUT2D eigenvalue weighted by atomic mass is 79.9. The van der Waals surface area contributed by atoms with Crippen LogP contribution in [-0.4, -0.2) is 28.9 Å². The zero-order chi connectivity index (χ0) is 14.5. The van der Waals surface area contributed by atoms with Gasteiger partial charge in [-0.05, 0) is 36.7 Å². The van der Waals surface area contributed by atoms with E-state index in [9.17, 15) is 9.36 Å². The van der Waals surface area contributed by atoms with Crippen LogP contribution in [0.2, 0.25) is 0 Å². The maximum atomic E-state index is 12.3. The lowest BCUT2D eigenvalue weighted by Crippen LogP contribution is -2.24. The molecular formula is C11H18BrN2O4P. The van der Waals surface area contributed by atoms with E-state index in [0.717, 1.165) is 0 Å². The summed E-state index contributed by atoms with van der Waals surface area (Å²) in [5, 5.41) is 0. The Bertz CT molecular complexity index is 522. The summed E-state index contributed by atoms with van der Waals surface area (Å²) >= 11 is 3.18. The Kier molecular flexibility index (Phi) is 6.39. The highest BCUT2D eigenvalue weighted by Crippen LogP contribution is 2.47. The molecule has 0 atom stereocenters. The molecule has 0 saturated heterocycles. The molecule has 0 bridgehead atoms. The van der Waals surface area contributed by atoms with Gasteiger partial charge in [-0.2, -0.15) is 0 Å². The minimum atomic E-state index is -3.13. The molecule has 1 rings (SSSR count). The van der Waals surface area contributed by atoms with Gasteiger partial charge in [0.15, 0.2) is 0 Å². The van der Waals surface area contributed by atoms with Crippen molar-refractivity contribution in [2.75, 3.05) is 19.4 Å². The quantitative estimate of drug-likeness (QED) is 0.705. The molecule has 0 fully saturated rings. The van der Waals surface area contributed by atoms with Crippen molar-refractivity contribution >= 4 is 23.5 Å². The number of rotatable bonds is 7. The van der Waals surface area contributed by atoms with Gasteiger partial charge in [-0.15, -0.1) is 0 Å². The van der Waals surface area contributed by atoms with Crippen LogP contribution in [-0.2, 0) is 20.2 Å². The molecule has 1 aromatic rings. The Labute approximate surface area is 120 Å². The standard InChI is InChI=1S/C11H18BrN2O4P/c1-4-17-19(16,18-5-2)7-6-14-8-13-9(3)10(12)11(14)15/h8H,4-7H2,1-3H3. The molecule has 6 nitrogen and oxygen atoms in total. The fraction of sp³-hybridized carbons (Fsp3) is 0.636. The van der Waals surface area contributed by atoms with Crippen LogP contribution in [0.3, 0.4) is 0 Å². The minimum Gasteiger partial charge on any atom is -0.309 e.